The quantitative estimate of drug-likeness (QED) is 0.369. The van der Waals surface area contributed by atoms with Crippen molar-refractivity contribution in [3.05, 3.63) is 24.0 Å². The molecule has 1 heterocycles. The SMILES string of the molecule is N/C(=N/O)c1cccn1CC1CCC(F)(F)C1. The number of amidine groups is 1. The van der Waals surface area contributed by atoms with Crippen molar-refractivity contribution < 1.29 is 14.0 Å². The second kappa shape index (κ2) is 4.35. The number of rotatable bonds is 3. The Kier molecular flexibility index (Phi) is 3.04. The molecular weight excluding hydrogens is 228 g/mol. The minimum atomic E-state index is -2.53. The van der Waals surface area contributed by atoms with Crippen molar-refractivity contribution in [1.29, 1.82) is 0 Å². The fraction of sp³-hybridized carbons (Fsp3) is 0.545. The van der Waals surface area contributed by atoms with Gasteiger partial charge in [-0.2, -0.15) is 0 Å². The van der Waals surface area contributed by atoms with Crippen molar-refractivity contribution in [3.8, 4) is 0 Å². The molecule has 0 spiro atoms. The maximum absolute atomic E-state index is 13.1. The molecule has 4 nitrogen and oxygen atoms in total. The zero-order valence-corrected chi connectivity index (χ0v) is 9.31. The molecule has 1 aliphatic carbocycles. The Morgan fingerprint density at radius 3 is 3.00 bits per heavy atom. The Hall–Kier alpha value is -1.59. The minimum absolute atomic E-state index is 0.000225. The minimum Gasteiger partial charge on any atom is -0.409 e. The molecule has 0 aromatic carbocycles. The molecule has 94 valence electrons. The average Bonchev–Trinajstić information content (AvgIpc) is 2.85. The van der Waals surface area contributed by atoms with E-state index in [-0.39, 0.29) is 24.6 Å². The Morgan fingerprint density at radius 2 is 2.41 bits per heavy atom. The molecule has 2 rings (SSSR count). The molecule has 1 unspecified atom stereocenters. The molecule has 1 aliphatic rings. The van der Waals surface area contributed by atoms with Crippen LogP contribution in [0.4, 0.5) is 8.78 Å². The second-order valence-electron chi connectivity index (χ2n) is 4.50. The first-order valence-corrected chi connectivity index (χ1v) is 5.53. The van der Waals surface area contributed by atoms with Crippen LogP contribution in [-0.4, -0.2) is 21.5 Å². The lowest BCUT2D eigenvalue weighted by Gasteiger charge is -2.14. The lowest BCUT2D eigenvalue weighted by Crippen LogP contribution is -2.20. The molecule has 1 aromatic heterocycles. The van der Waals surface area contributed by atoms with E-state index < -0.39 is 5.92 Å². The van der Waals surface area contributed by atoms with Gasteiger partial charge in [0, 0.05) is 25.6 Å². The highest BCUT2D eigenvalue weighted by molar-refractivity contribution is 5.95. The summed E-state index contributed by atoms with van der Waals surface area (Å²) in [6.07, 6.45) is 2.14. The highest BCUT2D eigenvalue weighted by Gasteiger charge is 2.39. The molecule has 0 radical (unpaired) electrons. The summed E-state index contributed by atoms with van der Waals surface area (Å²) < 4.78 is 27.9. The smallest absolute Gasteiger partial charge is 0.248 e. The molecule has 17 heavy (non-hydrogen) atoms. The second-order valence-corrected chi connectivity index (χ2v) is 4.50. The van der Waals surface area contributed by atoms with Gasteiger partial charge in [0.05, 0.1) is 5.69 Å². The largest absolute Gasteiger partial charge is 0.409 e. The third-order valence-corrected chi connectivity index (χ3v) is 3.16. The summed E-state index contributed by atoms with van der Waals surface area (Å²) >= 11 is 0. The van der Waals surface area contributed by atoms with E-state index in [2.05, 4.69) is 5.16 Å². The summed E-state index contributed by atoms with van der Waals surface area (Å²) in [4.78, 5) is 0. The number of hydrogen-bond donors (Lipinski definition) is 2. The Labute approximate surface area is 97.7 Å². The van der Waals surface area contributed by atoms with Gasteiger partial charge in [-0.15, -0.1) is 0 Å². The van der Waals surface area contributed by atoms with Gasteiger partial charge in [0.2, 0.25) is 5.92 Å². The van der Waals surface area contributed by atoms with Crippen molar-refractivity contribution in [2.45, 2.75) is 31.7 Å². The third kappa shape index (κ3) is 2.57. The zero-order chi connectivity index (χ0) is 12.5. The molecule has 0 saturated heterocycles. The molecule has 6 heteroatoms. The number of halogens is 2. The van der Waals surface area contributed by atoms with Gasteiger partial charge in [-0.1, -0.05) is 5.16 Å². The van der Waals surface area contributed by atoms with Crippen LogP contribution in [0.25, 0.3) is 0 Å². The van der Waals surface area contributed by atoms with Gasteiger partial charge in [-0.25, -0.2) is 8.78 Å². The molecule has 1 aromatic rings. The number of nitrogens with zero attached hydrogens (tertiary/aromatic N) is 2. The predicted molar refractivity (Wildman–Crippen MR) is 59.2 cm³/mol. The van der Waals surface area contributed by atoms with E-state index in [0.29, 0.717) is 18.7 Å². The zero-order valence-electron chi connectivity index (χ0n) is 9.31. The van der Waals surface area contributed by atoms with Gasteiger partial charge in [-0.3, -0.25) is 0 Å². The van der Waals surface area contributed by atoms with Gasteiger partial charge in [0.15, 0.2) is 5.84 Å². The van der Waals surface area contributed by atoms with E-state index in [4.69, 9.17) is 10.9 Å². The van der Waals surface area contributed by atoms with Crippen LogP contribution >= 0.6 is 0 Å². The predicted octanol–water partition coefficient (Wildman–Crippen LogP) is 2.02. The number of nitrogens with two attached hydrogens (primary N) is 1. The van der Waals surface area contributed by atoms with Crippen LogP contribution in [0, 0.1) is 5.92 Å². The van der Waals surface area contributed by atoms with Crippen LogP contribution in [0.2, 0.25) is 0 Å². The van der Waals surface area contributed by atoms with Crippen LogP contribution in [0.5, 0.6) is 0 Å². The van der Waals surface area contributed by atoms with Crippen molar-refractivity contribution in [3.63, 3.8) is 0 Å². The fourth-order valence-electron chi connectivity index (χ4n) is 2.33. The highest BCUT2D eigenvalue weighted by Crippen LogP contribution is 2.39. The highest BCUT2D eigenvalue weighted by atomic mass is 19.3. The summed E-state index contributed by atoms with van der Waals surface area (Å²) in [7, 11) is 0. The van der Waals surface area contributed by atoms with E-state index in [9.17, 15) is 8.78 Å². The van der Waals surface area contributed by atoms with E-state index in [0.717, 1.165) is 0 Å². The van der Waals surface area contributed by atoms with Crippen LogP contribution in [0.1, 0.15) is 25.0 Å². The fourth-order valence-corrected chi connectivity index (χ4v) is 2.33. The molecular formula is C11H15F2N3O. The molecule has 0 bridgehead atoms. The maximum atomic E-state index is 13.1. The van der Waals surface area contributed by atoms with Gasteiger partial charge in [0.25, 0.3) is 0 Å². The normalized spacial score (nSPS) is 24.1. The lowest BCUT2D eigenvalue weighted by molar-refractivity contribution is 0.00436. The molecule has 0 aliphatic heterocycles. The van der Waals surface area contributed by atoms with Gasteiger partial charge in [-0.05, 0) is 24.5 Å². The van der Waals surface area contributed by atoms with E-state index in [1.54, 1.807) is 22.9 Å². The first-order chi connectivity index (χ1) is 8.02. The average molecular weight is 243 g/mol. The lowest BCUT2D eigenvalue weighted by atomic mass is 10.1. The van der Waals surface area contributed by atoms with Crippen LogP contribution < -0.4 is 5.73 Å². The maximum Gasteiger partial charge on any atom is 0.248 e. The van der Waals surface area contributed by atoms with Crippen molar-refractivity contribution in [2.75, 3.05) is 0 Å². The molecule has 1 saturated carbocycles. The van der Waals surface area contributed by atoms with E-state index >= 15 is 0 Å². The van der Waals surface area contributed by atoms with Gasteiger partial charge in [0.1, 0.15) is 0 Å². The van der Waals surface area contributed by atoms with Crippen molar-refractivity contribution in [1.82, 2.24) is 4.57 Å². The summed E-state index contributed by atoms with van der Waals surface area (Å²) in [5, 5.41) is 11.5. The standard InChI is InChI=1S/C11H15F2N3O/c12-11(13)4-3-8(6-11)7-16-5-1-2-9(16)10(14)15-17/h1-2,5,8,17H,3-4,6-7H2,(H2,14,15). The van der Waals surface area contributed by atoms with Crippen LogP contribution in [0.3, 0.4) is 0 Å². The van der Waals surface area contributed by atoms with Gasteiger partial charge >= 0.3 is 0 Å². The number of oxime groups is 1. The molecule has 3 N–H and O–H groups in total. The third-order valence-electron chi connectivity index (χ3n) is 3.16. The summed E-state index contributed by atoms with van der Waals surface area (Å²) in [5.74, 6) is -2.59. The number of hydrogen-bond acceptors (Lipinski definition) is 2. The Morgan fingerprint density at radius 1 is 1.65 bits per heavy atom. The Bertz CT molecular complexity index is 428. The first-order valence-electron chi connectivity index (χ1n) is 5.53. The molecule has 0 amide bonds. The first kappa shape index (κ1) is 11.9. The summed E-state index contributed by atoms with van der Waals surface area (Å²) in [6.45, 7) is 0.480. The van der Waals surface area contributed by atoms with Crippen LogP contribution in [-0.2, 0) is 6.54 Å². The molecule has 1 fully saturated rings. The van der Waals surface area contributed by atoms with Crippen molar-refractivity contribution >= 4 is 5.84 Å². The monoisotopic (exact) mass is 243 g/mol. The van der Waals surface area contributed by atoms with Crippen LogP contribution in [0.15, 0.2) is 23.5 Å². The van der Waals surface area contributed by atoms with Crippen molar-refractivity contribution in [2.24, 2.45) is 16.8 Å². The molecule has 1 atom stereocenters. The topological polar surface area (TPSA) is 63.5 Å². The summed E-state index contributed by atoms with van der Waals surface area (Å²) in [6, 6.07) is 3.45. The number of aromatic nitrogens is 1. The van der Waals surface area contributed by atoms with Gasteiger partial charge < -0.3 is 15.5 Å². The van der Waals surface area contributed by atoms with E-state index in [1.165, 1.54) is 0 Å². The summed E-state index contributed by atoms with van der Waals surface area (Å²) in [5.41, 5.74) is 6.06. The Balaban J connectivity index is 2.08. The number of alkyl halides is 2. The van der Waals surface area contributed by atoms with E-state index in [1.807, 2.05) is 0 Å².